The maximum absolute atomic E-state index is 11.5. The summed E-state index contributed by atoms with van der Waals surface area (Å²) in [5, 5.41) is 9.47. The van der Waals surface area contributed by atoms with E-state index in [-0.39, 0.29) is 5.41 Å². The van der Waals surface area contributed by atoms with Crippen molar-refractivity contribution in [3.05, 3.63) is 0 Å². The second-order valence-electron chi connectivity index (χ2n) is 5.91. The van der Waals surface area contributed by atoms with Crippen LogP contribution in [0.5, 0.6) is 0 Å². The Morgan fingerprint density at radius 2 is 2.07 bits per heavy atom. The lowest BCUT2D eigenvalue weighted by molar-refractivity contribution is -0.158. The molecule has 4 atom stereocenters. The Kier molecular flexibility index (Phi) is 2.78. The third-order valence-corrected chi connectivity index (χ3v) is 4.53. The number of carboxylic acids is 1. The molecule has 2 rings (SSSR count). The van der Waals surface area contributed by atoms with E-state index in [0.717, 1.165) is 25.7 Å². The predicted molar refractivity (Wildman–Crippen MR) is 59.6 cm³/mol. The zero-order valence-electron chi connectivity index (χ0n) is 9.83. The quantitative estimate of drug-likeness (QED) is 0.759. The van der Waals surface area contributed by atoms with E-state index in [0.29, 0.717) is 17.8 Å². The Morgan fingerprint density at radius 1 is 1.33 bits per heavy atom. The first kappa shape index (κ1) is 11.0. The smallest absolute Gasteiger partial charge is 0.309 e. The largest absolute Gasteiger partial charge is 0.481 e. The Labute approximate surface area is 92.1 Å². The van der Waals surface area contributed by atoms with Gasteiger partial charge in [-0.3, -0.25) is 4.79 Å². The molecule has 2 fully saturated rings. The normalized spacial score (nSPS) is 45.1. The lowest BCUT2D eigenvalue weighted by Gasteiger charge is -2.47. The first-order chi connectivity index (χ1) is 7.05. The fourth-order valence-electron chi connectivity index (χ4n) is 4.07. The van der Waals surface area contributed by atoms with Gasteiger partial charge < -0.3 is 5.11 Å². The zero-order valence-corrected chi connectivity index (χ0v) is 9.83. The van der Waals surface area contributed by atoms with Gasteiger partial charge in [-0.15, -0.1) is 0 Å². The van der Waals surface area contributed by atoms with Crippen molar-refractivity contribution in [3.63, 3.8) is 0 Å². The van der Waals surface area contributed by atoms with Gasteiger partial charge in [0.25, 0.3) is 0 Å². The van der Waals surface area contributed by atoms with Gasteiger partial charge in [0.2, 0.25) is 0 Å². The molecular formula is C13H22O2. The van der Waals surface area contributed by atoms with Crippen LogP contribution in [-0.2, 0) is 4.79 Å². The number of hydrogen-bond acceptors (Lipinski definition) is 1. The van der Waals surface area contributed by atoms with Crippen molar-refractivity contribution in [1.29, 1.82) is 0 Å². The molecule has 4 unspecified atom stereocenters. The van der Waals surface area contributed by atoms with Gasteiger partial charge in [0.15, 0.2) is 0 Å². The molecule has 2 aliphatic rings. The van der Waals surface area contributed by atoms with Crippen molar-refractivity contribution in [1.82, 2.24) is 0 Å². The van der Waals surface area contributed by atoms with E-state index in [1.807, 2.05) is 0 Å². The van der Waals surface area contributed by atoms with Crippen LogP contribution in [0.25, 0.3) is 0 Å². The van der Waals surface area contributed by atoms with Crippen LogP contribution in [0.3, 0.4) is 0 Å². The molecule has 0 aromatic carbocycles. The van der Waals surface area contributed by atoms with Crippen LogP contribution in [-0.4, -0.2) is 11.1 Å². The van der Waals surface area contributed by atoms with Gasteiger partial charge in [-0.25, -0.2) is 0 Å². The first-order valence-corrected chi connectivity index (χ1v) is 6.29. The summed E-state index contributed by atoms with van der Waals surface area (Å²) in [5.74, 6) is 1.42. The second-order valence-corrected chi connectivity index (χ2v) is 5.91. The summed E-state index contributed by atoms with van der Waals surface area (Å²) in [6, 6.07) is 0. The maximum Gasteiger partial charge on any atom is 0.309 e. The van der Waals surface area contributed by atoms with Crippen molar-refractivity contribution in [2.75, 3.05) is 0 Å². The van der Waals surface area contributed by atoms with Crippen LogP contribution in [0.4, 0.5) is 0 Å². The van der Waals surface area contributed by atoms with E-state index in [1.165, 1.54) is 12.8 Å². The molecule has 0 radical (unpaired) electrons. The molecular weight excluding hydrogens is 188 g/mol. The highest BCUT2D eigenvalue weighted by atomic mass is 16.4. The van der Waals surface area contributed by atoms with Gasteiger partial charge in [-0.05, 0) is 49.9 Å². The molecule has 1 N–H and O–H groups in total. The van der Waals surface area contributed by atoms with Gasteiger partial charge in [0.1, 0.15) is 0 Å². The van der Waals surface area contributed by atoms with Gasteiger partial charge in [-0.2, -0.15) is 0 Å². The summed E-state index contributed by atoms with van der Waals surface area (Å²) >= 11 is 0. The number of carbonyl (C=O) groups is 1. The fraction of sp³-hybridized carbons (Fsp3) is 0.923. The standard InChI is InChI=1S/C13H22O2/c1-3-10-5-11-4-9(2)6-13(7-10,8-11)12(14)15/h9-11H,3-8H2,1-2H3,(H,14,15). The third-order valence-electron chi connectivity index (χ3n) is 4.53. The molecule has 2 saturated carbocycles. The molecule has 0 saturated heterocycles. The third kappa shape index (κ3) is 1.91. The zero-order chi connectivity index (χ0) is 11.1. The van der Waals surface area contributed by atoms with Crippen LogP contribution >= 0.6 is 0 Å². The molecule has 0 amide bonds. The molecule has 0 aromatic heterocycles. The Balaban J connectivity index is 2.21. The van der Waals surface area contributed by atoms with E-state index in [4.69, 9.17) is 0 Å². The van der Waals surface area contributed by atoms with Crippen LogP contribution in [0.1, 0.15) is 52.4 Å². The minimum atomic E-state index is -0.530. The van der Waals surface area contributed by atoms with E-state index >= 15 is 0 Å². The second kappa shape index (κ2) is 3.80. The van der Waals surface area contributed by atoms with E-state index in [2.05, 4.69) is 13.8 Å². The molecule has 86 valence electrons. The van der Waals surface area contributed by atoms with Crippen LogP contribution < -0.4 is 0 Å². The van der Waals surface area contributed by atoms with Gasteiger partial charge in [0, 0.05) is 0 Å². The molecule has 15 heavy (non-hydrogen) atoms. The summed E-state index contributed by atoms with van der Waals surface area (Å²) in [4.78, 5) is 11.5. The van der Waals surface area contributed by atoms with Gasteiger partial charge in [-0.1, -0.05) is 20.3 Å². The molecule has 0 heterocycles. The lowest BCUT2D eigenvalue weighted by atomic mass is 9.56. The Bertz CT molecular complexity index is 257. The van der Waals surface area contributed by atoms with Crippen molar-refractivity contribution in [2.24, 2.45) is 23.2 Å². The first-order valence-electron chi connectivity index (χ1n) is 6.29. The molecule has 0 aromatic rings. The van der Waals surface area contributed by atoms with Gasteiger partial charge >= 0.3 is 5.97 Å². The van der Waals surface area contributed by atoms with E-state index in [1.54, 1.807) is 0 Å². The number of rotatable bonds is 2. The summed E-state index contributed by atoms with van der Waals surface area (Å²) < 4.78 is 0. The minimum absolute atomic E-state index is 0.360. The molecule has 2 aliphatic carbocycles. The van der Waals surface area contributed by atoms with E-state index < -0.39 is 5.97 Å². The van der Waals surface area contributed by atoms with Crippen LogP contribution in [0.2, 0.25) is 0 Å². The summed E-state index contributed by atoms with van der Waals surface area (Å²) in [6.45, 7) is 4.42. The molecule has 2 nitrogen and oxygen atoms in total. The monoisotopic (exact) mass is 210 g/mol. The molecule has 0 spiro atoms. The van der Waals surface area contributed by atoms with E-state index in [9.17, 15) is 9.90 Å². The SMILES string of the molecule is CCC1CC2CC(C)CC(C(=O)O)(C1)C2. The van der Waals surface area contributed by atoms with Crippen LogP contribution in [0.15, 0.2) is 0 Å². The topological polar surface area (TPSA) is 37.3 Å². The molecule has 0 aliphatic heterocycles. The highest BCUT2D eigenvalue weighted by Gasteiger charge is 2.49. The average Bonchev–Trinajstić information content (AvgIpc) is 2.15. The highest BCUT2D eigenvalue weighted by Crippen LogP contribution is 2.53. The fourth-order valence-corrected chi connectivity index (χ4v) is 4.07. The average molecular weight is 210 g/mol. The lowest BCUT2D eigenvalue weighted by Crippen LogP contribution is -2.44. The Morgan fingerprint density at radius 3 is 2.67 bits per heavy atom. The van der Waals surface area contributed by atoms with Gasteiger partial charge in [0.05, 0.1) is 5.41 Å². The molecule has 2 bridgehead atoms. The van der Waals surface area contributed by atoms with Crippen molar-refractivity contribution in [3.8, 4) is 0 Å². The number of fused-ring (bicyclic) bond motifs is 2. The summed E-state index contributed by atoms with van der Waals surface area (Å²) in [7, 11) is 0. The predicted octanol–water partition coefficient (Wildman–Crippen LogP) is 3.31. The highest BCUT2D eigenvalue weighted by molar-refractivity contribution is 5.75. The van der Waals surface area contributed by atoms with Crippen molar-refractivity contribution >= 4 is 5.97 Å². The maximum atomic E-state index is 11.5. The minimum Gasteiger partial charge on any atom is -0.481 e. The number of hydrogen-bond donors (Lipinski definition) is 1. The Hall–Kier alpha value is -0.530. The van der Waals surface area contributed by atoms with Crippen LogP contribution in [0, 0.1) is 23.2 Å². The number of carboxylic acid groups (broad SMARTS) is 1. The summed E-state index contributed by atoms with van der Waals surface area (Å²) in [5.41, 5.74) is -0.360. The van der Waals surface area contributed by atoms with Crippen molar-refractivity contribution in [2.45, 2.75) is 52.4 Å². The summed E-state index contributed by atoms with van der Waals surface area (Å²) in [6.07, 6.45) is 6.47. The van der Waals surface area contributed by atoms with Crippen molar-refractivity contribution < 1.29 is 9.90 Å². The molecule has 2 heteroatoms. The number of aliphatic carboxylic acids is 1.